The number of rotatable bonds is 6. The van der Waals surface area contributed by atoms with Crippen molar-refractivity contribution < 1.29 is 9.53 Å². The fraction of sp³-hybridized carbons (Fsp3) is 0.105. The molecule has 126 valence electrons. The van der Waals surface area contributed by atoms with E-state index in [9.17, 15) is 4.79 Å². The summed E-state index contributed by atoms with van der Waals surface area (Å²) >= 11 is 1.30. The van der Waals surface area contributed by atoms with Gasteiger partial charge >= 0.3 is 0 Å². The topological polar surface area (TPSA) is 64.1 Å². The third kappa shape index (κ3) is 4.59. The Bertz CT molecular complexity index is 861. The third-order valence-electron chi connectivity index (χ3n) is 3.40. The van der Waals surface area contributed by atoms with E-state index >= 15 is 0 Å². The Labute approximate surface area is 150 Å². The van der Waals surface area contributed by atoms with E-state index in [2.05, 4.69) is 15.5 Å². The van der Waals surface area contributed by atoms with Gasteiger partial charge in [0.15, 0.2) is 0 Å². The highest BCUT2D eigenvalue weighted by atomic mass is 32.1. The number of nitrogens with one attached hydrogen (secondary N) is 1. The van der Waals surface area contributed by atoms with Gasteiger partial charge in [-0.15, -0.1) is 10.2 Å². The molecule has 0 spiro atoms. The van der Waals surface area contributed by atoms with E-state index in [1.54, 1.807) is 7.11 Å². The fourth-order valence-corrected chi connectivity index (χ4v) is 2.97. The molecular weight excluding hydrogens is 334 g/mol. The predicted octanol–water partition coefficient (Wildman–Crippen LogP) is 3.86. The van der Waals surface area contributed by atoms with Gasteiger partial charge in [0, 0.05) is 12.7 Å². The maximum Gasteiger partial charge on any atom is 0.258 e. The Morgan fingerprint density at radius 1 is 1.08 bits per heavy atom. The summed E-state index contributed by atoms with van der Waals surface area (Å²) in [4.78, 5) is 12.8. The third-order valence-corrected chi connectivity index (χ3v) is 4.21. The quantitative estimate of drug-likeness (QED) is 0.541. The number of hydrogen-bond donors (Lipinski definition) is 1. The van der Waals surface area contributed by atoms with Crippen molar-refractivity contribution in [3.63, 3.8) is 0 Å². The lowest BCUT2D eigenvalue weighted by Gasteiger charge is -2.07. The predicted molar refractivity (Wildman–Crippen MR) is 100 cm³/mol. The molecule has 0 atom stereocenters. The molecule has 1 aromatic heterocycles. The van der Waals surface area contributed by atoms with Crippen LogP contribution in [0.25, 0.3) is 11.6 Å². The van der Waals surface area contributed by atoms with Crippen molar-refractivity contribution in [3.8, 4) is 0 Å². The van der Waals surface area contributed by atoms with Crippen molar-refractivity contribution in [1.82, 2.24) is 10.2 Å². The maximum atomic E-state index is 12.8. The van der Waals surface area contributed by atoms with Crippen molar-refractivity contribution in [2.45, 2.75) is 6.61 Å². The molecule has 6 heteroatoms. The minimum Gasteiger partial charge on any atom is -0.377 e. The summed E-state index contributed by atoms with van der Waals surface area (Å²) < 4.78 is 5.03. The zero-order valence-electron chi connectivity index (χ0n) is 13.7. The zero-order valence-corrected chi connectivity index (χ0v) is 14.5. The molecule has 1 heterocycles. The monoisotopic (exact) mass is 351 g/mol. The summed E-state index contributed by atoms with van der Waals surface area (Å²) in [5, 5.41) is 12.0. The van der Waals surface area contributed by atoms with Crippen LogP contribution in [0.5, 0.6) is 0 Å². The van der Waals surface area contributed by atoms with Gasteiger partial charge in [-0.2, -0.15) is 0 Å². The highest BCUT2D eigenvalue weighted by Gasteiger charge is 2.15. The summed E-state index contributed by atoms with van der Waals surface area (Å²) in [6, 6.07) is 19.3. The van der Waals surface area contributed by atoms with Crippen LogP contribution in [0.1, 0.15) is 16.1 Å². The molecular formula is C19H17N3O2S. The molecule has 1 amide bonds. The standard InChI is InChI=1S/C19H17N3O2S/c1-24-13-17-21-22-19(25-17)20-18(23)16(15-10-6-3-7-11-15)12-14-8-4-2-5-9-14/h2-12H,13H2,1H3,(H,20,22,23)/b16-12+. The van der Waals surface area contributed by atoms with Gasteiger partial charge in [0.1, 0.15) is 11.6 Å². The number of benzene rings is 2. The van der Waals surface area contributed by atoms with E-state index in [0.717, 1.165) is 11.1 Å². The van der Waals surface area contributed by atoms with Gasteiger partial charge in [0.2, 0.25) is 5.13 Å². The van der Waals surface area contributed by atoms with Gasteiger partial charge in [-0.1, -0.05) is 72.0 Å². The molecule has 0 radical (unpaired) electrons. The number of hydrogen-bond acceptors (Lipinski definition) is 5. The van der Waals surface area contributed by atoms with Crippen LogP contribution >= 0.6 is 11.3 Å². The Morgan fingerprint density at radius 2 is 1.76 bits per heavy atom. The molecule has 2 aromatic carbocycles. The number of methoxy groups -OCH3 is 1. The number of amides is 1. The number of anilines is 1. The van der Waals surface area contributed by atoms with Crippen molar-refractivity contribution in [3.05, 3.63) is 76.8 Å². The van der Waals surface area contributed by atoms with E-state index in [-0.39, 0.29) is 5.91 Å². The lowest BCUT2D eigenvalue weighted by atomic mass is 10.0. The normalized spacial score (nSPS) is 11.3. The maximum absolute atomic E-state index is 12.8. The minimum atomic E-state index is -0.227. The van der Waals surface area contributed by atoms with Gasteiger partial charge in [0.25, 0.3) is 5.91 Å². The average Bonchev–Trinajstić information content (AvgIpc) is 3.08. The number of ether oxygens (including phenoxy) is 1. The Balaban J connectivity index is 1.88. The van der Waals surface area contributed by atoms with Gasteiger partial charge in [-0.05, 0) is 17.2 Å². The molecule has 0 unspecified atom stereocenters. The molecule has 25 heavy (non-hydrogen) atoms. The van der Waals surface area contributed by atoms with Crippen molar-refractivity contribution >= 4 is 34.0 Å². The van der Waals surface area contributed by atoms with E-state index < -0.39 is 0 Å². The van der Waals surface area contributed by atoms with Crippen molar-refractivity contribution in [2.75, 3.05) is 12.4 Å². The van der Waals surface area contributed by atoms with Gasteiger partial charge in [-0.3, -0.25) is 10.1 Å². The number of carbonyl (C=O) groups excluding carboxylic acids is 1. The van der Waals surface area contributed by atoms with Crippen LogP contribution in [0, 0.1) is 0 Å². The second kappa shape index (κ2) is 8.32. The first kappa shape index (κ1) is 17.0. The molecule has 0 fully saturated rings. The molecule has 0 aliphatic rings. The van der Waals surface area contributed by atoms with Crippen LogP contribution in [-0.2, 0) is 16.1 Å². The molecule has 5 nitrogen and oxygen atoms in total. The fourth-order valence-electron chi connectivity index (χ4n) is 2.26. The van der Waals surface area contributed by atoms with Crippen LogP contribution < -0.4 is 5.32 Å². The molecule has 3 rings (SSSR count). The smallest absolute Gasteiger partial charge is 0.258 e. The van der Waals surface area contributed by atoms with Crippen molar-refractivity contribution in [2.24, 2.45) is 0 Å². The molecule has 0 aliphatic heterocycles. The first-order chi connectivity index (χ1) is 12.3. The summed E-state index contributed by atoms with van der Waals surface area (Å²) in [7, 11) is 1.59. The second-order valence-corrected chi connectivity index (χ2v) is 6.28. The van der Waals surface area contributed by atoms with Crippen LogP contribution in [0.15, 0.2) is 60.7 Å². The van der Waals surface area contributed by atoms with Crippen LogP contribution in [0.2, 0.25) is 0 Å². The second-order valence-electron chi connectivity index (χ2n) is 5.22. The SMILES string of the molecule is COCc1nnc(NC(=O)/C(=C/c2ccccc2)c2ccccc2)s1. The minimum absolute atomic E-state index is 0.227. The van der Waals surface area contributed by atoms with E-state index in [4.69, 9.17) is 4.74 Å². The first-order valence-electron chi connectivity index (χ1n) is 7.71. The average molecular weight is 351 g/mol. The summed E-state index contributed by atoms with van der Waals surface area (Å²) in [6.45, 7) is 0.374. The molecule has 0 saturated carbocycles. The first-order valence-corrected chi connectivity index (χ1v) is 8.53. The highest BCUT2D eigenvalue weighted by molar-refractivity contribution is 7.15. The van der Waals surface area contributed by atoms with E-state index in [1.807, 2.05) is 66.7 Å². The molecule has 3 aromatic rings. The van der Waals surface area contributed by atoms with E-state index in [0.29, 0.717) is 22.3 Å². The van der Waals surface area contributed by atoms with Crippen LogP contribution in [0.4, 0.5) is 5.13 Å². The molecule has 1 N–H and O–H groups in total. The van der Waals surface area contributed by atoms with E-state index in [1.165, 1.54) is 11.3 Å². The van der Waals surface area contributed by atoms with Gasteiger partial charge in [0.05, 0.1) is 0 Å². The molecule has 0 bridgehead atoms. The van der Waals surface area contributed by atoms with Crippen LogP contribution in [-0.4, -0.2) is 23.2 Å². The van der Waals surface area contributed by atoms with Gasteiger partial charge < -0.3 is 4.74 Å². The molecule has 0 aliphatic carbocycles. The van der Waals surface area contributed by atoms with Crippen LogP contribution in [0.3, 0.4) is 0 Å². The lowest BCUT2D eigenvalue weighted by Crippen LogP contribution is -2.13. The lowest BCUT2D eigenvalue weighted by molar-refractivity contribution is -0.111. The summed E-state index contributed by atoms with van der Waals surface area (Å²) in [5.41, 5.74) is 2.36. The van der Waals surface area contributed by atoms with Gasteiger partial charge in [-0.25, -0.2) is 0 Å². The number of aromatic nitrogens is 2. The molecule has 0 saturated heterocycles. The Kier molecular flexibility index (Phi) is 5.66. The summed E-state index contributed by atoms with van der Waals surface area (Å²) in [5.74, 6) is -0.227. The van der Waals surface area contributed by atoms with Crippen molar-refractivity contribution in [1.29, 1.82) is 0 Å². The highest BCUT2D eigenvalue weighted by Crippen LogP contribution is 2.22. The Hall–Kier alpha value is -2.83. The number of nitrogens with zero attached hydrogens (tertiary/aromatic N) is 2. The number of carbonyl (C=O) groups is 1. The zero-order chi connectivity index (χ0) is 17.5. The largest absolute Gasteiger partial charge is 0.377 e. The summed E-state index contributed by atoms with van der Waals surface area (Å²) in [6.07, 6.45) is 1.86. The Morgan fingerprint density at radius 3 is 2.44 bits per heavy atom.